The Hall–Kier alpha value is -4.34. The van der Waals surface area contributed by atoms with Crippen LogP contribution in [0.5, 0.6) is 5.75 Å². The van der Waals surface area contributed by atoms with Gasteiger partial charge in [-0.05, 0) is 60.9 Å². The van der Waals surface area contributed by atoms with E-state index < -0.39 is 6.36 Å². The zero-order valence-corrected chi connectivity index (χ0v) is 19.7. The van der Waals surface area contributed by atoms with Crippen LogP contribution in [0.2, 0.25) is 0 Å². The summed E-state index contributed by atoms with van der Waals surface area (Å²) in [7, 11) is 0. The first-order valence-corrected chi connectivity index (χ1v) is 11.9. The standard InChI is InChI=1S/C27H22F3N5O2/c28-27(29,30)36-21-12-10-19(11-13-21)25-31-26(37-33-25)24-22-8-1-2-9-23(22)35(32-24)17-18-6-5-7-20(16-18)34-14-3-4-15-34/h1-2,5-13,16H,3-4,14-15,17H2. The van der Waals surface area contributed by atoms with E-state index in [1.54, 1.807) is 0 Å². The Bertz CT molecular complexity index is 1540. The molecule has 1 fully saturated rings. The zero-order chi connectivity index (χ0) is 25.4. The monoisotopic (exact) mass is 505 g/mol. The van der Waals surface area contributed by atoms with Crippen molar-refractivity contribution in [3.63, 3.8) is 0 Å². The lowest BCUT2D eigenvalue weighted by Crippen LogP contribution is -2.17. The maximum atomic E-state index is 12.4. The second kappa shape index (κ2) is 9.27. The summed E-state index contributed by atoms with van der Waals surface area (Å²) in [6, 6.07) is 21.6. The number of rotatable bonds is 6. The van der Waals surface area contributed by atoms with E-state index >= 15 is 0 Å². The van der Waals surface area contributed by atoms with E-state index in [0.29, 0.717) is 17.8 Å². The maximum Gasteiger partial charge on any atom is 0.573 e. The number of para-hydroxylation sites is 1. The molecule has 1 aliphatic heterocycles. The van der Waals surface area contributed by atoms with Crippen molar-refractivity contribution in [3.05, 3.63) is 78.4 Å². The predicted octanol–water partition coefficient (Wildman–Crippen LogP) is 6.30. The van der Waals surface area contributed by atoms with Crippen LogP contribution >= 0.6 is 0 Å². The summed E-state index contributed by atoms with van der Waals surface area (Å²) < 4.78 is 48.7. The molecule has 0 saturated carbocycles. The molecule has 7 nitrogen and oxygen atoms in total. The van der Waals surface area contributed by atoms with Gasteiger partial charge in [0.15, 0.2) is 5.69 Å². The molecule has 0 bridgehead atoms. The Morgan fingerprint density at radius 3 is 2.49 bits per heavy atom. The second-order valence-electron chi connectivity index (χ2n) is 8.88. The summed E-state index contributed by atoms with van der Waals surface area (Å²) in [5.41, 5.74) is 4.32. The summed E-state index contributed by atoms with van der Waals surface area (Å²) in [6.07, 6.45) is -2.32. The van der Waals surface area contributed by atoms with Gasteiger partial charge in [0.1, 0.15) is 5.75 Å². The van der Waals surface area contributed by atoms with Crippen molar-refractivity contribution < 1.29 is 22.4 Å². The van der Waals surface area contributed by atoms with E-state index in [9.17, 15) is 13.2 Å². The molecule has 188 valence electrons. The highest BCUT2D eigenvalue weighted by atomic mass is 19.4. The van der Waals surface area contributed by atoms with Gasteiger partial charge in [0, 0.05) is 29.7 Å². The average Bonchev–Trinajstić information content (AvgIpc) is 3.65. The number of nitrogens with zero attached hydrogens (tertiary/aromatic N) is 5. The first-order valence-electron chi connectivity index (χ1n) is 11.9. The molecule has 0 atom stereocenters. The molecule has 37 heavy (non-hydrogen) atoms. The third-order valence-corrected chi connectivity index (χ3v) is 6.35. The first-order chi connectivity index (χ1) is 17.9. The zero-order valence-electron chi connectivity index (χ0n) is 19.7. The number of aromatic nitrogens is 4. The Kier molecular flexibility index (Phi) is 5.78. The third-order valence-electron chi connectivity index (χ3n) is 6.35. The minimum absolute atomic E-state index is 0.228. The van der Waals surface area contributed by atoms with Crippen LogP contribution in [0.3, 0.4) is 0 Å². The molecule has 3 aromatic carbocycles. The molecule has 0 spiro atoms. The van der Waals surface area contributed by atoms with Gasteiger partial charge in [0.2, 0.25) is 5.82 Å². The van der Waals surface area contributed by atoms with Gasteiger partial charge < -0.3 is 14.2 Å². The Labute approximate surface area is 210 Å². The largest absolute Gasteiger partial charge is 0.573 e. The highest BCUT2D eigenvalue weighted by Crippen LogP contribution is 2.31. The fourth-order valence-corrected chi connectivity index (χ4v) is 4.65. The van der Waals surface area contributed by atoms with E-state index in [1.807, 2.05) is 28.9 Å². The van der Waals surface area contributed by atoms with Gasteiger partial charge in [-0.25, -0.2) is 0 Å². The van der Waals surface area contributed by atoms with Crippen LogP contribution in [0, 0.1) is 0 Å². The van der Waals surface area contributed by atoms with Gasteiger partial charge in [0.05, 0.1) is 12.1 Å². The van der Waals surface area contributed by atoms with Crippen molar-refractivity contribution in [2.45, 2.75) is 25.7 Å². The van der Waals surface area contributed by atoms with Crippen LogP contribution < -0.4 is 9.64 Å². The number of anilines is 1. The molecule has 0 aliphatic carbocycles. The Balaban J connectivity index is 1.29. The number of hydrogen-bond donors (Lipinski definition) is 0. The van der Waals surface area contributed by atoms with Crippen molar-refractivity contribution in [2.24, 2.45) is 0 Å². The smallest absolute Gasteiger partial charge is 0.406 e. The predicted molar refractivity (Wildman–Crippen MR) is 132 cm³/mol. The van der Waals surface area contributed by atoms with Crippen LogP contribution in [0.15, 0.2) is 77.3 Å². The van der Waals surface area contributed by atoms with E-state index in [-0.39, 0.29) is 17.5 Å². The van der Waals surface area contributed by atoms with E-state index in [1.165, 1.54) is 42.8 Å². The molecule has 2 aromatic heterocycles. The molecule has 3 heterocycles. The van der Waals surface area contributed by atoms with Crippen molar-refractivity contribution in [1.29, 1.82) is 0 Å². The molecule has 0 unspecified atom stereocenters. The van der Waals surface area contributed by atoms with E-state index in [2.05, 4.69) is 44.0 Å². The SMILES string of the molecule is FC(F)(F)Oc1ccc(-c2noc(-c3nn(Cc4cccc(N5CCCC5)c4)c4ccccc34)n2)cc1. The Morgan fingerprint density at radius 2 is 1.70 bits per heavy atom. The van der Waals surface area contributed by atoms with E-state index in [4.69, 9.17) is 9.62 Å². The van der Waals surface area contributed by atoms with Gasteiger partial charge in [0.25, 0.3) is 5.89 Å². The summed E-state index contributed by atoms with van der Waals surface area (Å²) in [5.74, 6) is 0.149. The fraction of sp³-hybridized carbons (Fsp3) is 0.222. The molecular weight excluding hydrogens is 483 g/mol. The lowest BCUT2D eigenvalue weighted by Gasteiger charge is -2.18. The van der Waals surface area contributed by atoms with Crippen LogP contribution in [0.25, 0.3) is 33.9 Å². The average molecular weight is 506 g/mol. The molecular formula is C27H22F3N5O2. The van der Waals surface area contributed by atoms with Crippen molar-refractivity contribution >= 4 is 16.6 Å². The van der Waals surface area contributed by atoms with Crippen LogP contribution in [-0.4, -0.2) is 39.4 Å². The fourth-order valence-electron chi connectivity index (χ4n) is 4.65. The van der Waals surface area contributed by atoms with Gasteiger partial charge in [-0.2, -0.15) is 10.1 Å². The molecule has 6 rings (SSSR count). The number of ether oxygens (including phenoxy) is 1. The highest BCUT2D eigenvalue weighted by Gasteiger charge is 2.31. The maximum absolute atomic E-state index is 12.4. The summed E-state index contributed by atoms with van der Waals surface area (Å²) in [5, 5.41) is 9.69. The molecule has 0 N–H and O–H groups in total. The van der Waals surface area contributed by atoms with Crippen molar-refractivity contribution in [3.8, 4) is 28.7 Å². The van der Waals surface area contributed by atoms with Crippen molar-refractivity contribution in [1.82, 2.24) is 19.9 Å². The van der Waals surface area contributed by atoms with Crippen LogP contribution in [-0.2, 0) is 6.54 Å². The van der Waals surface area contributed by atoms with Gasteiger partial charge in [-0.1, -0.05) is 35.5 Å². The molecule has 0 radical (unpaired) electrons. The molecule has 0 amide bonds. The summed E-state index contributed by atoms with van der Waals surface area (Å²) in [4.78, 5) is 6.87. The summed E-state index contributed by atoms with van der Waals surface area (Å²) >= 11 is 0. The van der Waals surface area contributed by atoms with Gasteiger partial charge in [-0.15, -0.1) is 13.2 Å². The number of benzene rings is 3. The number of alkyl halides is 3. The molecule has 5 aromatic rings. The van der Waals surface area contributed by atoms with Crippen LogP contribution in [0.1, 0.15) is 18.4 Å². The van der Waals surface area contributed by atoms with Crippen molar-refractivity contribution in [2.75, 3.05) is 18.0 Å². The topological polar surface area (TPSA) is 69.2 Å². The number of halogens is 3. The Morgan fingerprint density at radius 1 is 0.919 bits per heavy atom. The molecule has 10 heteroatoms. The molecule has 1 saturated heterocycles. The van der Waals surface area contributed by atoms with Gasteiger partial charge >= 0.3 is 6.36 Å². The lowest BCUT2D eigenvalue weighted by molar-refractivity contribution is -0.274. The van der Waals surface area contributed by atoms with Gasteiger partial charge in [-0.3, -0.25) is 4.68 Å². The number of fused-ring (bicyclic) bond motifs is 1. The molecule has 1 aliphatic rings. The lowest BCUT2D eigenvalue weighted by atomic mass is 10.1. The number of hydrogen-bond acceptors (Lipinski definition) is 6. The summed E-state index contributed by atoms with van der Waals surface area (Å²) in [6.45, 7) is 2.73. The first kappa shape index (κ1) is 23.1. The highest BCUT2D eigenvalue weighted by molar-refractivity contribution is 5.91. The quantitative estimate of drug-likeness (QED) is 0.270. The third kappa shape index (κ3) is 4.87. The van der Waals surface area contributed by atoms with Crippen LogP contribution in [0.4, 0.5) is 18.9 Å². The second-order valence-corrected chi connectivity index (χ2v) is 8.88. The minimum Gasteiger partial charge on any atom is -0.406 e. The minimum atomic E-state index is -4.75. The normalized spacial score (nSPS) is 14.0. The van der Waals surface area contributed by atoms with E-state index in [0.717, 1.165) is 29.6 Å².